The Morgan fingerprint density at radius 2 is 2.38 bits per heavy atom. The van der Waals surface area contributed by atoms with Crippen molar-refractivity contribution in [2.24, 2.45) is 5.16 Å². The minimum Gasteiger partial charge on any atom is -0.477 e. The summed E-state index contributed by atoms with van der Waals surface area (Å²) < 4.78 is 1.74. The quantitative estimate of drug-likeness (QED) is 0.384. The lowest BCUT2D eigenvalue weighted by molar-refractivity contribution is 0.0695. The number of aryl methyl sites for hydroxylation is 1. The number of fused-ring (bicyclic) bond motifs is 1. The van der Waals surface area contributed by atoms with Gasteiger partial charge in [0.1, 0.15) is 17.0 Å². The molecule has 1 N–H and O–H groups in total. The summed E-state index contributed by atoms with van der Waals surface area (Å²) in [6, 6.07) is 1.63. The molecule has 0 spiro atoms. The number of rotatable bonds is 6. The number of pyridine rings is 1. The normalized spacial score (nSPS) is 11.1. The van der Waals surface area contributed by atoms with Crippen molar-refractivity contribution in [3.8, 4) is 0 Å². The van der Waals surface area contributed by atoms with Crippen LogP contribution in [-0.2, 0) is 11.4 Å². The molecule has 0 aromatic carbocycles. The molecule has 0 amide bonds. The lowest BCUT2D eigenvalue weighted by Gasteiger charge is -2.05. The molecular weight excluding hydrogens is 292 g/mol. The van der Waals surface area contributed by atoms with E-state index >= 15 is 0 Å². The predicted molar refractivity (Wildman–Crippen MR) is 82.5 cm³/mol. The van der Waals surface area contributed by atoms with Gasteiger partial charge in [0.25, 0.3) is 0 Å². The molecule has 2 aromatic rings. The van der Waals surface area contributed by atoms with Crippen LogP contribution in [0.5, 0.6) is 0 Å². The van der Waals surface area contributed by atoms with E-state index in [4.69, 9.17) is 9.94 Å². The summed E-state index contributed by atoms with van der Waals surface area (Å²) in [5.74, 6) is -1.22. The molecule has 0 bridgehead atoms. The molecule has 0 atom stereocenters. The first-order valence-electron chi connectivity index (χ1n) is 6.25. The van der Waals surface area contributed by atoms with Crippen molar-refractivity contribution < 1.29 is 14.7 Å². The highest BCUT2D eigenvalue weighted by atomic mass is 32.1. The fraction of sp³-hybridized carbons (Fsp3) is 0.214. The van der Waals surface area contributed by atoms with Gasteiger partial charge in [0.05, 0.1) is 16.5 Å². The fourth-order valence-electron chi connectivity index (χ4n) is 1.83. The zero-order chi connectivity index (χ0) is 15.4. The zero-order valence-corrected chi connectivity index (χ0v) is 12.2. The molecule has 2 aromatic heterocycles. The van der Waals surface area contributed by atoms with Crippen LogP contribution in [0.3, 0.4) is 0 Å². The van der Waals surface area contributed by atoms with Crippen molar-refractivity contribution in [1.29, 1.82) is 0 Å². The Morgan fingerprint density at radius 3 is 3.00 bits per heavy atom. The van der Waals surface area contributed by atoms with Gasteiger partial charge in [-0.15, -0.1) is 11.3 Å². The summed E-state index contributed by atoms with van der Waals surface area (Å²) in [6.45, 7) is 6.26. The van der Waals surface area contributed by atoms with E-state index in [1.54, 1.807) is 16.7 Å². The van der Waals surface area contributed by atoms with Gasteiger partial charge in [-0.05, 0) is 13.0 Å². The first kappa shape index (κ1) is 15.0. The molecule has 0 unspecified atom stereocenters. The Labute approximate surface area is 124 Å². The number of carboxylic acid groups (broad SMARTS) is 1. The first-order chi connectivity index (χ1) is 10.1. The molecule has 6 nitrogen and oxygen atoms in total. The van der Waals surface area contributed by atoms with Crippen molar-refractivity contribution >= 4 is 33.7 Å². The maximum absolute atomic E-state index is 12.2. The molecule has 0 aliphatic carbocycles. The van der Waals surface area contributed by atoms with E-state index in [9.17, 15) is 9.59 Å². The van der Waals surface area contributed by atoms with Gasteiger partial charge >= 0.3 is 5.97 Å². The van der Waals surface area contributed by atoms with Gasteiger partial charge in [-0.2, -0.15) is 0 Å². The number of hydrogen-bond acceptors (Lipinski definition) is 5. The standard InChI is InChI=1S/C14H14N2O4S/c1-3-5-20-15-7-9-6-10-12(17)11(14(18)19)8-16(4-2)13(10)21-9/h3,6-8H,1,4-5H2,2H3,(H,18,19)/b15-7+. The van der Waals surface area contributed by atoms with Crippen LogP contribution in [0.4, 0.5) is 0 Å². The average Bonchev–Trinajstić information content (AvgIpc) is 2.88. The second kappa shape index (κ2) is 6.36. The highest BCUT2D eigenvalue weighted by Crippen LogP contribution is 2.23. The van der Waals surface area contributed by atoms with Crippen molar-refractivity contribution in [3.63, 3.8) is 0 Å². The molecule has 0 fully saturated rings. The molecule has 2 rings (SSSR count). The van der Waals surface area contributed by atoms with Crippen LogP contribution < -0.4 is 5.43 Å². The second-order valence-electron chi connectivity index (χ2n) is 4.15. The zero-order valence-electron chi connectivity index (χ0n) is 11.4. The van der Waals surface area contributed by atoms with Gasteiger partial charge in [0, 0.05) is 12.7 Å². The largest absolute Gasteiger partial charge is 0.477 e. The maximum atomic E-state index is 12.2. The summed E-state index contributed by atoms with van der Waals surface area (Å²) in [5, 5.41) is 13.2. The lowest BCUT2D eigenvalue weighted by Crippen LogP contribution is -2.17. The molecule has 7 heteroatoms. The number of hydrogen-bond donors (Lipinski definition) is 1. The number of nitrogens with zero attached hydrogens (tertiary/aromatic N) is 2. The molecule has 21 heavy (non-hydrogen) atoms. The van der Waals surface area contributed by atoms with E-state index in [-0.39, 0.29) is 5.56 Å². The fourth-order valence-corrected chi connectivity index (χ4v) is 2.89. The number of aromatic nitrogens is 1. The molecule has 2 heterocycles. The van der Waals surface area contributed by atoms with E-state index in [0.29, 0.717) is 18.5 Å². The Kier molecular flexibility index (Phi) is 4.54. The topological polar surface area (TPSA) is 80.9 Å². The smallest absolute Gasteiger partial charge is 0.341 e. The Hall–Kier alpha value is -2.41. The monoisotopic (exact) mass is 306 g/mol. The maximum Gasteiger partial charge on any atom is 0.341 e. The van der Waals surface area contributed by atoms with Gasteiger partial charge in [-0.1, -0.05) is 17.8 Å². The van der Waals surface area contributed by atoms with Gasteiger partial charge in [0.2, 0.25) is 5.43 Å². The van der Waals surface area contributed by atoms with Crippen LogP contribution in [0.15, 0.2) is 34.9 Å². The number of thiophene rings is 1. The highest BCUT2D eigenvalue weighted by molar-refractivity contribution is 7.20. The molecule has 110 valence electrons. The van der Waals surface area contributed by atoms with Crippen LogP contribution in [0.25, 0.3) is 10.2 Å². The third-order valence-corrected chi connectivity index (χ3v) is 3.89. The van der Waals surface area contributed by atoms with E-state index in [0.717, 1.165) is 9.71 Å². The van der Waals surface area contributed by atoms with E-state index in [2.05, 4.69) is 11.7 Å². The van der Waals surface area contributed by atoms with Gasteiger partial charge in [0.15, 0.2) is 0 Å². The van der Waals surface area contributed by atoms with Crippen molar-refractivity contribution in [2.75, 3.05) is 6.61 Å². The highest BCUT2D eigenvalue weighted by Gasteiger charge is 2.16. The molecule has 0 aliphatic rings. The van der Waals surface area contributed by atoms with E-state index in [1.165, 1.54) is 23.7 Å². The van der Waals surface area contributed by atoms with Crippen molar-refractivity contribution in [2.45, 2.75) is 13.5 Å². The minimum absolute atomic E-state index is 0.228. The molecule has 0 saturated carbocycles. The average molecular weight is 306 g/mol. The number of aromatic carboxylic acids is 1. The van der Waals surface area contributed by atoms with Crippen molar-refractivity contribution in [3.05, 3.63) is 45.6 Å². The summed E-state index contributed by atoms with van der Waals surface area (Å²) in [7, 11) is 0. The van der Waals surface area contributed by atoms with Crippen LogP contribution in [0, 0.1) is 0 Å². The first-order valence-corrected chi connectivity index (χ1v) is 7.06. The Morgan fingerprint density at radius 1 is 1.62 bits per heavy atom. The summed E-state index contributed by atoms with van der Waals surface area (Å²) in [4.78, 5) is 29.6. The molecule has 0 aliphatic heterocycles. The van der Waals surface area contributed by atoms with Gasteiger partial charge < -0.3 is 14.5 Å². The van der Waals surface area contributed by atoms with Crippen LogP contribution in [0.1, 0.15) is 22.2 Å². The van der Waals surface area contributed by atoms with Crippen LogP contribution in [0.2, 0.25) is 0 Å². The van der Waals surface area contributed by atoms with Crippen molar-refractivity contribution in [1.82, 2.24) is 4.57 Å². The molecule has 0 saturated heterocycles. The van der Waals surface area contributed by atoms with Crippen LogP contribution in [-0.4, -0.2) is 28.5 Å². The minimum atomic E-state index is -1.22. The third kappa shape index (κ3) is 3.03. The molecular formula is C14H14N2O4S. The van der Waals surface area contributed by atoms with Gasteiger partial charge in [-0.3, -0.25) is 4.79 Å². The van der Waals surface area contributed by atoms with E-state index in [1.807, 2.05) is 6.92 Å². The Bertz CT molecular complexity index is 773. The summed E-state index contributed by atoms with van der Waals surface area (Å²) in [6.07, 6.45) is 4.44. The van der Waals surface area contributed by atoms with Gasteiger partial charge in [-0.25, -0.2) is 4.79 Å². The van der Waals surface area contributed by atoms with Crippen LogP contribution >= 0.6 is 11.3 Å². The summed E-state index contributed by atoms with van der Waals surface area (Å²) in [5.41, 5.74) is -0.710. The third-order valence-electron chi connectivity index (χ3n) is 2.78. The second-order valence-corrected chi connectivity index (χ2v) is 5.21. The SMILES string of the molecule is C=CCO/N=C/c1cc2c(=O)c(C(=O)O)cn(CC)c2s1. The van der Waals surface area contributed by atoms with E-state index < -0.39 is 11.4 Å². The Balaban J connectivity index is 2.53. The molecule has 0 radical (unpaired) electrons. The number of carbonyl (C=O) groups is 1. The number of carboxylic acids is 1. The lowest BCUT2D eigenvalue weighted by atomic mass is 10.2. The summed E-state index contributed by atoms with van der Waals surface area (Å²) >= 11 is 1.36. The number of oxime groups is 1. The predicted octanol–water partition coefficient (Wildman–Crippen LogP) is 2.32.